The number of nitrogens with zero attached hydrogens (tertiary/aromatic N) is 1. The number of ether oxygens (including phenoxy) is 1. The molecule has 1 aromatic carbocycles. The van der Waals surface area contributed by atoms with Crippen LogP contribution in [-0.2, 0) is 0 Å². The zero-order valence-corrected chi connectivity index (χ0v) is 15.2. The third-order valence-corrected chi connectivity index (χ3v) is 4.12. The summed E-state index contributed by atoms with van der Waals surface area (Å²) in [6, 6.07) is 10.5. The minimum atomic E-state index is -0.492. The van der Waals surface area contributed by atoms with E-state index < -0.39 is 11.5 Å². The molecule has 0 aliphatic carbocycles. The van der Waals surface area contributed by atoms with Gasteiger partial charge in [0.2, 0.25) is 0 Å². The van der Waals surface area contributed by atoms with Gasteiger partial charge in [0.15, 0.2) is 0 Å². The van der Waals surface area contributed by atoms with Gasteiger partial charge in [-0.15, -0.1) is 0 Å². The van der Waals surface area contributed by atoms with Gasteiger partial charge in [-0.3, -0.25) is 9.78 Å². The van der Waals surface area contributed by atoms with Crippen LogP contribution in [0.5, 0.6) is 11.5 Å². The molecule has 1 atom stereocenters. The molecule has 1 aromatic heterocycles. The van der Waals surface area contributed by atoms with Crippen molar-refractivity contribution >= 4 is 5.91 Å². The summed E-state index contributed by atoms with van der Waals surface area (Å²) < 4.78 is 5.72. The van der Waals surface area contributed by atoms with E-state index in [2.05, 4.69) is 10.3 Å². The summed E-state index contributed by atoms with van der Waals surface area (Å²) in [6.45, 7) is 8.21. The second-order valence-electron chi connectivity index (χ2n) is 7.17. The highest BCUT2D eigenvalue weighted by Gasteiger charge is 2.30. The summed E-state index contributed by atoms with van der Waals surface area (Å²) in [5.41, 5.74) is 0.107. The summed E-state index contributed by atoms with van der Waals surface area (Å²) in [7, 11) is 0. The molecule has 1 unspecified atom stereocenters. The third-order valence-electron chi connectivity index (χ3n) is 4.12. The van der Waals surface area contributed by atoms with E-state index in [1.54, 1.807) is 48.8 Å². The largest absolute Gasteiger partial charge is 0.457 e. The van der Waals surface area contributed by atoms with Crippen LogP contribution in [0.15, 0.2) is 48.8 Å². The van der Waals surface area contributed by atoms with Crippen LogP contribution in [0.25, 0.3) is 0 Å². The molecule has 2 rings (SSSR count). The third kappa shape index (κ3) is 5.29. The average Bonchev–Trinajstić information content (AvgIpc) is 2.60. The lowest BCUT2D eigenvalue weighted by atomic mass is 9.80. The number of rotatable bonds is 7. The van der Waals surface area contributed by atoms with Crippen LogP contribution in [0.3, 0.4) is 0 Å². The molecule has 5 heteroatoms. The van der Waals surface area contributed by atoms with Gasteiger partial charge in [-0.2, -0.15) is 0 Å². The Bertz CT molecular complexity index is 699. The van der Waals surface area contributed by atoms with Crippen LogP contribution in [0.2, 0.25) is 0 Å². The molecule has 0 radical (unpaired) electrons. The van der Waals surface area contributed by atoms with Gasteiger partial charge >= 0.3 is 0 Å². The fourth-order valence-corrected chi connectivity index (χ4v) is 2.66. The number of carbonyl (C=O) groups excluding carboxylic acids is 1. The molecule has 0 fully saturated rings. The van der Waals surface area contributed by atoms with Crippen molar-refractivity contribution < 1.29 is 14.6 Å². The quantitative estimate of drug-likeness (QED) is 0.806. The van der Waals surface area contributed by atoms with Gasteiger partial charge in [-0.05, 0) is 36.2 Å². The van der Waals surface area contributed by atoms with Crippen molar-refractivity contribution in [3.8, 4) is 11.5 Å². The lowest BCUT2D eigenvalue weighted by molar-refractivity contribution is 0.0138. The maximum Gasteiger partial charge on any atom is 0.251 e. The number of pyridine rings is 1. The van der Waals surface area contributed by atoms with Gasteiger partial charge in [-0.1, -0.05) is 33.8 Å². The molecule has 0 aliphatic rings. The molecular weight excluding hydrogens is 316 g/mol. The number of benzene rings is 1. The van der Waals surface area contributed by atoms with Crippen molar-refractivity contribution in [2.45, 2.75) is 33.8 Å². The first kappa shape index (κ1) is 18.9. The molecule has 134 valence electrons. The molecule has 2 N–H and O–H groups in total. The first-order chi connectivity index (χ1) is 11.8. The molecule has 0 saturated carbocycles. The predicted octanol–water partition coefficient (Wildman–Crippen LogP) is 3.65. The molecule has 5 nitrogen and oxygen atoms in total. The standard InChI is InChI=1S/C20H26N2O3/c1-14(2)18(23)20(3,4)13-22-19(24)15-6-5-7-17(12-15)25-16-8-10-21-11-9-16/h5-12,14,18,23H,13H2,1-4H3,(H,22,24). The summed E-state index contributed by atoms with van der Waals surface area (Å²) in [5, 5.41) is 13.2. The molecule has 0 spiro atoms. The van der Waals surface area contributed by atoms with E-state index in [0.717, 1.165) is 0 Å². The van der Waals surface area contributed by atoms with Crippen molar-refractivity contribution in [3.05, 3.63) is 54.4 Å². The fourth-order valence-electron chi connectivity index (χ4n) is 2.66. The number of nitrogens with one attached hydrogen (secondary N) is 1. The Morgan fingerprint density at radius 3 is 2.52 bits per heavy atom. The summed E-state index contributed by atoms with van der Waals surface area (Å²) in [6.07, 6.45) is 2.80. The molecule has 0 saturated heterocycles. The van der Waals surface area contributed by atoms with E-state index in [1.165, 1.54) is 0 Å². The van der Waals surface area contributed by atoms with Crippen LogP contribution in [0.4, 0.5) is 0 Å². The predicted molar refractivity (Wildman–Crippen MR) is 97.7 cm³/mol. The van der Waals surface area contributed by atoms with E-state index in [9.17, 15) is 9.90 Å². The Kier molecular flexibility index (Phi) is 6.15. The van der Waals surface area contributed by atoms with Crippen molar-refractivity contribution in [1.82, 2.24) is 10.3 Å². The van der Waals surface area contributed by atoms with Gasteiger partial charge in [-0.25, -0.2) is 0 Å². The summed E-state index contributed by atoms with van der Waals surface area (Å²) >= 11 is 0. The maximum atomic E-state index is 12.4. The molecule has 25 heavy (non-hydrogen) atoms. The highest BCUT2D eigenvalue weighted by molar-refractivity contribution is 5.94. The second kappa shape index (κ2) is 8.12. The van der Waals surface area contributed by atoms with E-state index in [4.69, 9.17) is 4.74 Å². The highest BCUT2D eigenvalue weighted by Crippen LogP contribution is 2.25. The fraction of sp³-hybridized carbons (Fsp3) is 0.400. The van der Waals surface area contributed by atoms with Crippen molar-refractivity contribution in [2.75, 3.05) is 6.54 Å². The Morgan fingerprint density at radius 2 is 1.88 bits per heavy atom. The topological polar surface area (TPSA) is 71.5 Å². The van der Waals surface area contributed by atoms with Crippen LogP contribution < -0.4 is 10.1 Å². The van der Waals surface area contributed by atoms with E-state index in [0.29, 0.717) is 23.6 Å². The van der Waals surface area contributed by atoms with E-state index >= 15 is 0 Å². The Morgan fingerprint density at radius 1 is 1.20 bits per heavy atom. The van der Waals surface area contributed by atoms with Crippen molar-refractivity contribution in [3.63, 3.8) is 0 Å². The molecule has 1 amide bonds. The molecule has 0 bridgehead atoms. The van der Waals surface area contributed by atoms with Crippen LogP contribution in [0.1, 0.15) is 38.1 Å². The minimum absolute atomic E-state index is 0.129. The summed E-state index contributed by atoms with van der Waals surface area (Å²) in [5.74, 6) is 1.18. The van der Waals surface area contributed by atoms with Gasteiger partial charge in [0.05, 0.1) is 6.10 Å². The van der Waals surface area contributed by atoms with Crippen LogP contribution in [0, 0.1) is 11.3 Å². The number of aliphatic hydroxyl groups excluding tert-OH is 1. The Balaban J connectivity index is 2.01. The van der Waals surface area contributed by atoms with Gasteiger partial charge in [0.1, 0.15) is 11.5 Å². The molecule has 1 heterocycles. The zero-order chi connectivity index (χ0) is 18.4. The number of aromatic nitrogens is 1. The van der Waals surface area contributed by atoms with Crippen molar-refractivity contribution in [1.29, 1.82) is 0 Å². The summed E-state index contributed by atoms with van der Waals surface area (Å²) in [4.78, 5) is 16.4. The van der Waals surface area contributed by atoms with Crippen molar-refractivity contribution in [2.24, 2.45) is 11.3 Å². The smallest absolute Gasteiger partial charge is 0.251 e. The monoisotopic (exact) mass is 342 g/mol. The Labute approximate surface area is 149 Å². The molecule has 0 aliphatic heterocycles. The molecular formula is C20H26N2O3. The first-order valence-electron chi connectivity index (χ1n) is 8.44. The lowest BCUT2D eigenvalue weighted by Crippen LogP contribution is -2.43. The Hall–Kier alpha value is -2.40. The van der Waals surface area contributed by atoms with Gasteiger partial charge in [0, 0.05) is 29.9 Å². The number of carbonyl (C=O) groups is 1. The lowest BCUT2D eigenvalue weighted by Gasteiger charge is -2.33. The average molecular weight is 342 g/mol. The maximum absolute atomic E-state index is 12.4. The van der Waals surface area contributed by atoms with Crippen LogP contribution in [-0.4, -0.2) is 28.6 Å². The second-order valence-corrected chi connectivity index (χ2v) is 7.17. The number of aliphatic hydroxyl groups is 1. The number of hydrogen-bond acceptors (Lipinski definition) is 4. The van der Waals surface area contributed by atoms with E-state index in [1.807, 2.05) is 27.7 Å². The van der Waals surface area contributed by atoms with Gasteiger partial charge in [0.25, 0.3) is 5.91 Å². The first-order valence-corrected chi connectivity index (χ1v) is 8.44. The number of amides is 1. The highest BCUT2D eigenvalue weighted by atomic mass is 16.5. The zero-order valence-electron chi connectivity index (χ0n) is 15.2. The SMILES string of the molecule is CC(C)C(O)C(C)(C)CNC(=O)c1cccc(Oc2ccncc2)c1. The molecule has 2 aromatic rings. The van der Waals surface area contributed by atoms with E-state index in [-0.39, 0.29) is 11.8 Å². The number of hydrogen-bond donors (Lipinski definition) is 2. The normalized spacial score (nSPS) is 12.7. The van der Waals surface area contributed by atoms with Gasteiger partial charge < -0.3 is 15.2 Å². The van der Waals surface area contributed by atoms with Crippen LogP contribution >= 0.6 is 0 Å². The minimum Gasteiger partial charge on any atom is -0.457 e.